The third-order valence-electron chi connectivity index (χ3n) is 7.22. The molecule has 1 unspecified atom stereocenters. The fraction of sp³-hybridized carbons (Fsp3) is 0.300. The average molecular weight is 534 g/mol. The Morgan fingerprint density at radius 3 is 2.18 bits per heavy atom. The molecule has 0 aromatic heterocycles. The van der Waals surface area contributed by atoms with Crippen molar-refractivity contribution in [2.24, 2.45) is 0 Å². The lowest BCUT2D eigenvalue weighted by molar-refractivity contribution is 0.0823. The monoisotopic (exact) mass is 533 g/mol. The number of fused-ring (bicyclic) bond motifs is 2. The molecule has 1 N–H and O–H groups in total. The fourth-order valence-corrected chi connectivity index (χ4v) is 5.19. The molecule has 0 saturated carbocycles. The Hall–Kier alpha value is -3.68. The number of carbonyl (C=O) groups is 3. The smallest absolute Gasteiger partial charge is 0.252 e. The highest BCUT2D eigenvalue weighted by atomic mass is 35.5. The quantitative estimate of drug-likeness (QED) is 0.375. The van der Waals surface area contributed by atoms with Gasteiger partial charge >= 0.3 is 0 Å². The zero-order valence-corrected chi connectivity index (χ0v) is 22.4. The first-order valence-electron chi connectivity index (χ1n) is 12.8. The van der Waals surface area contributed by atoms with Crippen LogP contribution in [-0.2, 0) is 0 Å². The number of rotatable bonds is 7. The number of hydrogen-bond donors (Lipinski definition) is 1. The molecule has 38 heavy (non-hydrogen) atoms. The van der Waals surface area contributed by atoms with E-state index in [9.17, 15) is 14.4 Å². The van der Waals surface area contributed by atoms with Crippen molar-refractivity contribution in [2.75, 3.05) is 38.2 Å². The van der Waals surface area contributed by atoms with Gasteiger partial charge in [-0.25, -0.2) is 0 Å². The zero-order chi connectivity index (χ0) is 25.9. The van der Waals surface area contributed by atoms with E-state index in [0.29, 0.717) is 22.3 Å². The van der Waals surface area contributed by atoms with Crippen LogP contribution in [0.1, 0.15) is 62.0 Å². The fourth-order valence-electron chi connectivity index (χ4n) is 5.19. The first kappa shape index (κ1) is 27.4. The highest BCUT2D eigenvalue weighted by Crippen LogP contribution is 2.28. The van der Waals surface area contributed by atoms with Crippen molar-refractivity contribution < 1.29 is 19.1 Å². The number of nitrogens with zero attached hydrogens (tertiary/aromatic N) is 2. The van der Waals surface area contributed by atoms with Gasteiger partial charge in [0.05, 0.1) is 13.3 Å². The highest BCUT2D eigenvalue weighted by molar-refractivity contribution is 6.28. The molecule has 1 saturated heterocycles. The van der Waals surface area contributed by atoms with Crippen LogP contribution in [0.25, 0.3) is 0 Å². The SMILES string of the molecule is CCCC(NC(=O)c1ccc2c(c1)C(=O)c1ccccc1C2=O)N1CCN(c2cccc(OC)c2)CC1.Cl. The van der Waals surface area contributed by atoms with Gasteiger partial charge in [0.25, 0.3) is 5.91 Å². The molecule has 0 spiro atoms. The van der Waals surface area contributed by atoms with Crippen LogP contribution < -0.4 is 15.0 Å². The summed E-state index contributed by atoms with van der Waals surface area (Å²) in [6.45, 7) is 5.43. The minimum absolute atomic E-state index is 0. The van der Waals surface area contributed by atoms with Crippen molar-refractivity contribution in [3.8, 4) is 5.75 Å². The molecule has 2 aliphatic rings. The van der Waals surface area contributed by atoms with Gasteiger partial charge in [-0.15, -0.1) is 12.4 Å². The number of ketones is 2. The number of amides is 1. The maximum atomic E-state index is 13.3. The van der Waals surface area contributed by atoms with E-state index in [-0.39, 0.29) is 41.6 Å². The molecule has 1 amide bonds. The molecule has 0 radical (unpaired) electrons. The number of piperazine rings is 1. The number of nitrogens with one attached hydrogen (secondary N) is 1. The standard InChI is InChI=1S/C30H31N3O4.ClH/c1-3-7-27(33-16-14-32(15-17-33)21-8-6-9-22(19-21)37-2)31-30(36)20-12-13-25-26(18-20)29(35)24-11-5-4-10-23(24)28(25)34;/h4-6,8-13,18-19,27H,3,7,14-17H2,1-2H3,(H,31,36);1H. The summed E-state index contributed by atoms with van der Waals surface area (Å²) < 4.78 is 5.36. The Balaban J connectivity index is 0.00000336. The summed E-state index contributed by atoms with van der Waals surface area (Å²) in [7, 11) is 1.67. The van der Waals surface area contributed by atoms with Crippen LogP contribution >= 0.6 is 12.4 Å². The second-order valence-corrected chi connectivity index (χ2v) is 9.47. The largest absolute Gasteiger partial charge is 0.497 e. The topological polar surface area (TPSA) is 79.0 Å². The first-order chi connectivity index (χ1) is 18.0. The lowest BCUT2D eigenvalue weighted by atomic mass is 9.83. The number of benzene rings is 3. The molecule has 7 nitrogen and oxygen atoms in total. The van der Waals surface area contributed by atoms with Crippen molar-refractivity contribution in [3.05, 3.63) is 94.5 Å². The molecule has 3 aromatic rings. The molecule has 1 heterocycles. The van der Waals surface area contributed by atoms with Crippen LogP contribution in [0.4, 0.5) is 5.69 Å². The highest BCUT2D eigenvalue weighted by Gasteiger charge is 2.31. The number of hydrogen-bond acceptors (Lipinski definition) is 6. The van der Waals surface area contributed by atoms with Crippen LogP contribution in [0.3, 0.4) is 0 Å². The van der Waals surface area contributed by atoms with Crippen molar-refractivity contribution >= 4 is 35.6 Å². The molecule has 1 atom stereocenters. The Morgan fingerprint density at radius 2 is 1.53 bits per heavy atom. The molecular weight excluding hydrogens is 502 g/mol. The maximum Gasteiger partial charge on any atom is 0.252 e. The molecule has 198 valence electrons. The predicted octanol–water partition coefficient (Wildman–Crippen LogP) is 4.57. The summed E-state index contributed by atoms with van der Waals surface area (Å²) in [6, 6.07) is 19.7. The zero-order valence-electron chi connectivity index (χ0n) is 21.6. The van der Waals surface area contributed by atoms with E-state index in [4.69, 9.17) is 4.74 Å². The molecule has 8 heteroatoms. The second kappa shape index (κ2) is 11.8. The third-order valence-corrected chi connectivity index (χ3v) is 7.22. The van der Waals surface area contributed by atoms with E-state index < -0.39 is 0 Å². The van der Waals surface area contributed by atoms with Gasteiger partial charge in [0.1, 0.15) is 5.75 Å². The van der Waals surface area contributed by atoms with E-state index in [1.54, 1.807) is 49.6 Å². The summed E-state index contributed by atoms with van der Waals surface area (Å²) in [4.78, 5) is 43.9. The van der Waals surface area contributed by atoms with Gasteiger partial charge in [-0.1, -0.05) is 43.7 Å². The lowest BCUT2D eigenvalue weighted by Gasteiger charge is -2.40. The molecule has 1 aliphatic carbocycles. The molecule has 1 fully saturated rings. The Kier molecular flexibility index (Phi) is 8.49. The van der Waals surface area contributed by atoms with Crippen LogP contribution in [0.15, 0.2) is 66.7 Å². The van der Waals surface area contributed by atoms with Gasteiger partial charge in [-0.05, 0) is 36.8 Å². The van der Waals surface area contributed by atoms with E-state index in [1.807, 2.05) is 18.2 Å². The number of ether oxygens (including phenoxy) is 1. The van der Waals surface area contributed by atoms with Gasteiger partial charge in [-0.3, -0.25) is 19.3 Å². The van der Waals surface area contributed by atoms with Crippen LogP contribution in [0, 0.1) is 0 Å². The Bertz CT molecular complexity index is 1350. The normalized spacial score (nSPS) is 15.7. The molecule has 5 rings (SSSR count). The number of carbonyl (C=O) groups excluding carboxylic acids is 3. The number of anilines is 1. The minimum atomic E-state index is -0.240. The van der Waals surface area contributed by atoms with Crippen molar-refractivity contribution in [3.63, 3.8) is 0 Å². The van der Waals surface area contributed by atoms with Gasteiger partial charge in [-0.2, -0.15) is 0 Å². The van der Waals surface area contributed by atoms with Crippen LogP contribution in [0.5, 0.6) is 5.75 Å². The predicted molar refractivity (Wildman–Crippen MR) is 150 cm³/mol. The van der Waals surface area contributed by atoms with E-state index >= 15 is 0 Å². The van der Waals surface area contributed by atoms with Gasteiger partial charge in [0.15, 0.2) is 11.6 Å². The van der Waals surface area contributed by atoms with Gasteiger partial charge in [0.2, 0.25) is 0 Å². The Morgan fingerprint density at radius 1 is 0.868 bits per heavy atom. The van der Waals surface area contributed by atoms with E-state index in [1.165, 1.54) is 0 Å². The number of halogens is 1. The number of methoxy groups -OCH3 is 1. The average Bonchev–Trinajstić information content (AvgIpc) is 2.95. The van der Waals surface area contributed by atoms with E-state index in [0.717, 1.165) is 50.5 Å². The summed E-state index contributed by atoms with van der Waals surface area (Å²) in [5.74, 6) is 0.189. The van der Waals surface area contributed by atoms with Crippen LogP contribution in [0.2, 0.25) is 0 Å². The minimum Gasteiger partial charge on any atom is -0.497 e. The maximum absolute atomic E-state index is 13.3. The summed E-state index contributed by atoms with van der Waals surface area (Å²) in [6.07, 6.45) is 1.63. The van der Waals surface area contributed by atoms with Crippen LogP contribution in [-0.4, -0.2) is 61.8 Å². The van der Waals surface area contributed by atoms with E-state index in [2.05, 4.69) is 28.1 Å². The molecular formula is C30H32ClN3O4. The second-order valence-electron chi connectivity index (χ2n) is 9.47. The van der Waals surface area contributed by atoms with Gasteiger partial charge < -0.3 is 15.0 Å². The van der Waals surface area contributed by atoms with Crippen molar-refractivity contribution in [1.29, 1.82) is 0 Å². The lowest BCUT2D eigenvalue weighted by Crippen LogP contribution is -2.56. The third kappa shape index (κ3) is 5.30. The molecule has 0 bridgehead atoms. The first-order valence-corrected chi connectivity index (χ1v) is 12.8. The Labute approximate surface area is 229 Å². The van der Waals surface area contributed by atoms with Crippen molar-refractivity contribution in [1.82, 2.24) is 10.2 Å². The molecule has 1 aliphatic heterocycles. The molecule has 3 aromatic carbocycles. The van der Waals surface area contributed by atoms with Gasteiger partial charge in [0, 0.05) is 65.8 Å². The summed E-state index contributed by atoms with van der Waals surface area (Å²) in [5, 5.41) is 3.18. The summed E-state index contributed by atoms with van der Waals surface area (Å²) >= 11 is 0. The summed E-state index contributed by atoms with van der Waals surface area (Å²) in [5.41, 5.74) is 2.94. The van der Waals surface area contributed by atoms with Crippen molar-refractivity contribution in [2.45, 2.75) is 25.9 Å².